The van der Waals surface area contributed by atoms with Gasteiger partial charge in [0.2, 0.25) is 0 Å². The normalized spacial score (nSPS) is 27.4. The van der Waals surface area contributed by atoms with E-state index < -0.39 is 46.9 Å². The van der Waals surface area contributed by atoms with Crippen molar-refractivity contribution in [1.82, 2.24) is 4.98 Å². The molecule has 14 heteroatoms. The van der Waals surface area contributed by atoms with Crippen molar-refractivity contribution in [3.63, 3.8) is 0 Å². The van der Waals surface area contributed by atoms with Crippen LogP contribution in [-0.2, 0) is 25.8 Å². The summed E-state index contributed by atoms with van der Waals surface area (Å²) in [6.45, 7) is -0.629. The molecule has 2 heterocycles. The number of benzene rings is 1. The molecule has 1 aromatic carbocycles. The zero-order valence-electron chi connectivity index (χ0n) is 16.2. The number of methoxy groups -OCH3 is 1. The van der Waals surface area contributed by atoms with E-state index in [1.165, 1.54) is 7.11 Å². The number of fused-ring (bicyclic) bond motifs is 1. The van der Waals surface area contributed by atoms with E-state index in [2.05, 4.69) is 14.4 Å². The zero-order chi connectivity index (χ0) is 22.8. The van der Waals surface area contributed by atoms with Crippen molar-refractivity contribution in [2.75, 3.05) is 13.7 Å². The van der Waals surface area contributed by atoms with Crippen LogP contribution in [0.25, 0.3) is 10.9 Å². The van der Waals surface area contributed by atoms with E-state index >= 15 is 0 Å². The van der Waals surface area contributed by atoms with Gasteiger partial charge >= 0.3 is 10.4 Å². The summed E-state index contributed by atoms with van der Waals surface area (Å²) in [7, 11) is -3.42. The lowest BCUT2D eigenvalue weighted by Gasteiger charge is -2.39. The zero-order valence-corrected chi connectivity index (χ0v) is 17.8. The van der Waals surface area contributed by atoms with Gasteiger partial charge in [-0.05, 0) is 17.7 Å². The Morgan fingerprint density at radius 1 is 1.26 bits per heavy atom. The molecule has 0 aliphatic carbocycles. The number of nitrogens with zero attached hydrogens (tertiary/aromatic N) is 1. The summed E-state index contributed by atoms with van der Waals surface area (Å²) in [6, 6.07) is 5.31. The van der Waals surface area contributed by atoms with Crippen molar-refractivity contribution < 1.29 is 47.2 Å². The summed E-state index contributed by atoms with van der Waals surface area (Å²) in [5.74, 6) is 0.543. The molecule has 0 radical (unpaired) electrons. The molecule has 0 unspecified atom stereocenters. The Bertz CT molecular complexity index is 1040. The van der Waals surface area contributed by atoms with Crippen LogP contribution >= 0.6 is 11.8 Å². The molecule has 0 saturated carbocycles. The van der Waals surface area contributed by atoms with Crippen LogP contribution in [0.3, 0.4) is 0 Å². The highest BCUT2D eigenvalue weighted by Crippen LogP contribution is 2.33. The minimum absolute atomic E-state index is 0.0322. The molecule has 0 amide bonds. The molecule has 172 valence electrons. The lowest BCUT2D eigenvalue weighted by Crippen LogP contribution is -2.57. The molecule has 1 aromatic heterocycles. The first kappa shape index (κ1) is 23.7. The van der Waals surface area contributed by atoms with Crippen molar-refractivity contribution >= 4 is 38.1 Å². The summed E-state index contributed by atoms with van der Waals surface area (Å²) in [5, 5.41) is 43.6. The fraction of sp³-hybridized carbons (Fsp3) is 0.471. The lowest BCUT2D eigenvalue weighted by atomic mass is 10.0. The summed E-state index contributed by atoms with van der Waals surface area (Å²) < 4.78 is 45.8. The molecule has 12 nitrogen and oxygen atoms in total. The fourth-order valence-electron chi connectivity index (χ4n) is 3.18. The molecule has 1 aliphatic rings. The number of ether oxygens (including phenoxy) is 2. The number of aromatic amines is 1. The molecule has 31 heavy (non-hydrogen) atoms. The number of aromatic nitrogens is 1. The quantitative estimate of drug-likeness (QED) is 0.129. The topological polar surface area (TPSA) is 191 Å². The monoisotopic (exact) mass is 478 g/mol. The van der Waals surface area contributed by atoms with Gasteiger partial charge in [0.15, 0.2) is 0 Å². The molecular weight excluding hydrogens is 456 g/mol. The Labute approximate surface area is 181 Å². The van der Waals surface area contributed by atoms with Crippen LogP contribution < -0.4 is 4.74 Å². The summed E-state index contributed by atoms with van der Waals surface area (Å²) in [4.78, 5) is 3.04. The van der Waals surface area contributed by atoms with Crippen LogP contribution in [-0.4, -0.2) is 87.0 Å². The van der Waals surface area contributed by atoms with Crippen molar-refractivity contribution in [2.45, 2.75) is 36.3 Å². The number of hydrogen-bond acceptors (Lipinski definition) is 11. The molecule has 1 aliphatic heterocycles. The molecule has 1 fully saturated rings. The van der Waals surface area contributed by atoms with Crippen LogP contribution in [0.2, 0.25) is 0 Å². The molecule has 6 N–H and O–H groups in total. The van der Waals surface area contributed by atoms with E-state index in [4.69, 9.17) is 14.0 Å². The maximum atomic E-state index is 11.0. The van der Waals surface area contributed by atoms with Gasteiger partial charge in [-0.15, -0.1) is 0 Å². The van der Waals surface area contributed by atoms with Crippen LogP contribution in [0.15, 0.2) is 29.6 Å². The highest BCUT2D eigenvalue weighted by molar-refractivity contribution is 8.14. The van der Waals surface area contributed by atoms with Crippen LogP contribution in [0, 0.1) is 0 Å². The lowest BCUT2D eigenvalue weighted by molar-refractivity contribution is -0.205. The number of H-pyrrole nitrogens is 1. The van der Waals surface area contributed by atoms with E-state index in [9.17, 15) is 28.8 Å². The number of oxime groups is 1. The van der Waals surface area contributed by atoms with Gasteiger partial charge in [-0.1, -0.05) is 23.0 Å². The fourth-order valence-corrected chi connectivity index (χ4v) is 4.49. The SMILES string of the molecule is COc1cccc2[nH]cc(CC(=NOS(=O)(=O)O)S[C@@H]3O[C@H](CO)[C@@H](O)[C@H](O)[C@H]3O)c12. The van der Waals surface area contributed by atoms with E-state index in [-0.39, 0.29) is 11.5 Å². The van der Waals surface area contributed by atoms with E-state index in [1.54, 1.807) is 24.4 Å². The van der Waals surface area contributed by atoms with Gasteiger partial charge < -0.3 is 34.9 Å². The Morgan fingerprint density at radius 3 is 2.65 bits per heavy atom. The Balaban J connectivity index is 1.91. The number of hydrogen-bond donors (Lipinski definition) is 6. The molecule has 0 bridgehead atoms. The van der Waals surface area contributed by atoms with E-state index in [0.717, 1.165) is 5.52 Å². The van der Waals surface area contributed by atoms with Gasteiger partial charge in [0, 0.05) is 23.5 Å². The maximum Gasteiger partial charge on any atom is 0.466 e. The molecule has 0 spiro atoms. The van der Waals surface area contributed by atoms with Gasteiger partial charge in [-0.25, -0.2) is 4.28 Å². The van der Waals surface area contributed by atoms with Crippen LogP contribution in [0.5, 0.6) is 5.75 Å². The second kappa shape index (κ2) is 9.70. The average molecular weight is 479 g/mol. The number of nitrogens with one attached hydrogen (secondary N) is 1. The van der Waals surface area contributed by atoms with E-state index in [1.807, 2.05) is 0 Å². The highest BCUT2D eigenvalue weighted by Gasteiger charge is 2.44. The minimum Gasteiger partial charge on any atom is -0.496 e. The predicted molar refractivity (Wildman–Crippen MR) is 110 cm³/mol. The van der Waals surface area contributed by atoms with E-state index in [0.29, 0.717) is 28.5 Å². The molecular formula is C17H22N2O10S2. The number of aliphatic hydroxyl groups excluding tert-OH is 4. The number of aliphatic hydroxyl groups is 4. The van der Waals surface area contributed by atoms with Crippen molar-refractivity contribution in [2.24, 2.45) is 5.16 Å². The van der Waals surface area contributed by atoms with Gasteiger partial charge in [-0.2, -0.15) is 8.42 Å². The Morgan fingerprint density at radius 2 is 2.00 bits per heavy atom. The first-order valence-electron chi connectivity index (χ1n) is 8.97. The maximum absolute atomic E-state index is 11.0. The standard InChI is InChI=1S/C17H22N2O10S2/c1-27-10-4-2-3-9-13(10)8(6-18-9)5-12(19-29-31(24,25)26)30-17-16(23)15(22)14(21)11(7-20)28-17/h2-4,6,11,14-18,20-23H,5,7H2,1H3,(H,24,25,26)/t11-,14-,15+,16-,17+/m1/s1. The van der Waals surface area contributed by atoms with Gasteiger partial charge in [0.1, 0.15) is 40.6 Å². The third-order valence-electron chi connectivity index (χ3n) is 4.64. The number of thioether (sulfide) groups is 1. The molecule has 1 saturated heterocycles. The Hall–Kier alpha value is -1.91. The predicted octanol–water partition coefficient (Wildman–Crippen LogP) is -0.615. The molecule has 5 atom stereocenters. The third kappa shape index (κ3) is 5.48. The summed E-state index contributed by atoms with van der Waals surface area (Å²) in [6.07, 6.45) is -4.31. The van der Waals surface area contributed by atoms with Crippen molar-refractivity contribution in [3.8, 4) is 5.75 Å². The van der Waals surface area contributed by atoms with Gasteiger partial charge in [0.25, 0.3) is 0 Å². The smallest absolute Gasteiger partial charge is 0.466 e. The summed E-state index contributed by atoms with van der Waals surface area (Å²) >= 11 is 0.700. The van der Waals surface area contributed by atoms with Crippen LogP contribution in [0.4, 0.5) is 0 Å². The third-order valence-corrected chi connectivity index (χ3v) is 6.02. The van der Waals surface area contributed by atoms with Gasteiger partial charge in [0.05, 0.1) is 13.7 Å². The second-order valence-corrected chi connectivity index (χ2v) is 8.85. The molecule has 3 rings (SSSR count). The van der Waals surface area contributed by atoms with Crippen LogP contribution in [0.1, 0.15) is 5.56 Å². The second-order valence-electron chi connectivity index (χ2n) is 6.68. The number of rotatable bonds is 7. The largest absolute Gasteiger partial charge is 0.496 e. The average Bonchev–Trinajstić information content (AvgIpc) is 3.14. The first-order chi connectivity index (χ1) is 14.6. The Kier molecular flexibility index (Phi) is 7.43. The van der Waals surface area contributed by atoms with Crippen molar-refractivity contribution in [1.29, 1.82) is 0 Å². The van der Waals surface area contributed by atoms with Gasteiger partial charge in [-0.3, -0.25) is 4.55 Å². The van der Waals surface area contributed by atoms with Crippen molar-refractivity contribution in [3.05, 3.63) is 30.0 Å². The summed E-state index contributed by atoms with van der Waals surface area (Å²) in [5.41, 5.74) is 0.135. The minimum atomic E-state index is -4.91. The molecule has 2 aromatic rings. The first-order valence-corrected chi connectivity index (χ1v) is 11.2. The highest BCUT2D eigenvalue weighted by atomic mass is 32.3.